The summed E-state index contributed by atoms with van der Waals surface area (Å²) in [6, 6.07) is 13.4. The number of para-hydroxylation sites is 2. The van der Waals surface area contributed by atoms with E-state index in [1.54, 1.807) is 42.5 Å². The highest BCUT2D eigenvalue weighted by atomic mass is 33.1. The van der Waals surface area contributed by atoms with E-state index in [1.165, 1.54) is 11.3 Å². The van der Waals surface area contributed by atoms with Crippen LogP contribution in [0.1, 0.15) is 77.2 Å². The van der Waals surface area contributed by atoms with Crippen molar-refractivity contribution in [3.05, 3.63) is 60.2 Å². The topological polar surface area (TPSA) is 193 Å². The molecule has 14 nitrogen and oxygen atoms in total. The van der Waals surface area contributed by atoms with Gasteiger partial charge in [-0.15, -0.1) is 0 Å². The number of ether oxygens (including phenoxy) is 4. The van der Waals surface area contributed by atoms with Gasteiger partial charge in [0.15, 0.2) is 6.61 Å². The van der Waals surface area contributed by atoms with Gasteiger partial charge in [-0.1, -0.05) is 78.3 Å². The molecule has 0 aliphatic carbocycles. The minimum absolute atomic E-state index is 0.0315. The fraction of sp³-hybridized carbons (Fsp3) is 0.561. The zero-order valence-electron chi connectivity index (χ0n) is 33.0. The van der Waals surface area contributed by atoms with Crippen molar-refractivity contribution in [3.63, 3.8) is 0 Å². The summed E-state index contributed by atoms with van der Waals surface area (Å²) < 4.78 is 22.0. The predicted molar refractivity (Wildman–Crippen MR) is 218 cm³/mol. The van der Waals surface area contributed by atoms with Crippen molar-refractivity contribution in [1.82, 2.24) is 15.5 Å². The van der Waals surface area contributed by atoms with E-state index in [1.807, 2.05) is 54.5 Å². The maximum Gasteiger partial charge on any atom is 0.415 e. The van der Waals surface area contributed by atoms with Crippen LogP contribution in [0.25, 0.3) is 0 Å². The third kappa shape index (κ3) is 15.1. The lowest BCUT2D eigenvalue weighted by molar-refractivity contribution is -0.156. The Balaban J connectivity index is 1.40. The van der Waals surface area contributed by atoms with Crippen LogP contribution in [0.15, 0.2) is 54.6 Å². The lowest BCUT2D eigenvalue weighted by atomic mass is 9.73. The highest BCUT2D eigenvalue weighted by molar-refractivity contribution is 8.77. The number of amides is 4. The molecule has 312 valence electrons. The SMILES string of the molecule is Cc1ccccc1OCC(=O)N[C@@H](CC(C)C)C(=O)N[C@@H](CC1(C(N)=O)CCN(C(=O)Oc2ccccc2)CC1)C(=O)OCCOC(=O)CCCC[C@@H]1CCSS1. The number of carbonyl (C=O) groups excluding carboxylic acids is 6. The fourth-order valence-corrected chi connectivity index (χ4v) is 9.68. The van der Waals surface area contributed by atoms with E-state index in [4.69, 9.17) is 24.7 Å². The predicted octanol–water partition coefficient (Wildman–Crippen LogP) is 5.35. The number of piperidine rings is 1. The Bertz CT molecular complexity index is 1650. The Labute approximate surface area is 342 Å². The monoisotopic (exact) mass is 828 g/mol. The first-order valence-corrected chi connectivity index (χ1v) is 21.9. The van der Waals surface area contributed by atoms with Gasteiger partial charge < -0.3 is 40.2 Å². The molecule has 0 bridgehead atoms. The van der Waals surface area contributed by atoms with Crippen LogP contribution in [0.3, 0.4) is 0 Å². The Morgan fingerprint density at radius 3 is 2.28 bits per heavy atom. The van der Waals surface area contributed by atoms with Gasteiger partial charge in [-0.2, -0.15) is 0 Å². The van der Waals surface area contributed by atoms with Gasteiger partial charge >= 0.3 is 18.0 Å². The van der Waals surface area contributed by atoms with Crippen LogP contribution in [0.5, 0.6) is 11.5 Å². The molecule has 0 unspecified atom stereocenters. The molecule has 2 heterocycles. The van der Waals surface area contributed by atoms with Gasteiger partial charge in [-0.25, -0.2) is 9.59 Å². The maximum atomic E-state index is 13.9. The number of nitrogens with one attached hydrogen (secondary N) is 2. The van der Waals surface area contributed by atoms with E-state index < -0.39 is 53.3 Å². The molecule has 2 aromatic carbocycles. The van der Waals surface area contributed by atoms with Crippen LogP contribution >= 0.6 is 21.6 Å². The van der Waals surface area contributed by atoms with E-state index in [-0.39, 0.29) is 70.9 Å². The number of esters is 2. The van der Waals surface area contributed by atoms with Crippen LogP contribution < -0.4 is 25.8 Å². The first-order chi connectivity index (χ1) is 27.3. The van der Waals surface area contributed by atoms with Crippen molar-refractivity contribution < 1.29 is 47.7 Å². The molecule has 2 fully saturated rings. The average molecular weight is 829 g/mol. The molecule has 4 amide bonds. The first kappa shape index (κ1) is 45.3. The van der Waals surface area contributed by atoms with Crippen LogP contribution in [0, 0.1) is 18.3 Å². The molecular formula is C41H56N4O10S2. The standard InChI is InChI=1S/C41H56N4O10S2/c1-28(2)25-32(43-35(46)27-54-34-15-9-7-11-29(34)3)37(48)44-33(38(49)53-23-22-52-36(47)16-10-8-14-31-17-24-56-57-31)26-41(39(42)50)18-20-45(21-19-41)40(51)55-30-12-5-4-6-13-30/h4-7,9,11-13,15,28,31-33H,8,10,14,16-27H2,1-3H3,(H2,42,50)(H,43,46)(H,44,48)/t31-,32+,33+/m1/s1. The third-order valence-electron chi connectivity index (χ3n) is 9.93. The van der Waals surface area contributed by atoms with Gasteiger partial charge in [0.1, 0.15) is 36.8 Å². The number of unbranched alkanes of at least 4 members (excludes halogenated alkanes) is 1. The molecule has 0 radical (unpaired) electrons. The molecule has 4 N–H and O–H groups in total. The second-order valence-electron chi connectivity index (χ2n) is 14.8. The molecule has 0 aromatic heterocycles. The number of hydrogen-bond acceptors (Lipinski definition) is 12. The minimum Gasteiger partial charge on any atom is -0.484 e. The van der Waals surface area contributed by atoms with Crippen molar-refractivity contribution in [2.24, 2.45) is 17.1 Å². The number of nitrogens with two attached hydrogens (primary N) is 1. The van der Waals surface area contributed by atoms with Crippen molar-refractivity contribution in [2.45, 2.75) is 95.9 Å². The molecule has 0 saturated carbocycles. The number of benzene rings is 2. The maximum absolute atomic E-state index is 13.9. The zero-order valence-corrected chi connectivity index (χ0v) is 34.7. The summed E-state index contributed by atoms with van der Waals surface area (Å²) in [4.78, 5) is 80.5. The largest absolute Gasteiger partial charge is 0.484 e. The molecule has 2 saturated heterocycles. The Hall–Kier alpha value is -4.44. The van der Waals surface area contributed by atoms with Crippen molar-refractivity contribution in [3.8, 4) is 11.5 Å². The number of rotatable bonds is 21. The summed E-state index contributed by atoms with van der Waals surface area (Å²) >= 11 is 0. The molecule has 2 aliphatic heterocycles. The summed E-state index contributed by atoms with van der Waals surface area (Å²) in [6.07, 6.45) is 3.71. The zero-order chi connectivity index (χ0) is 41.2. The summed E-state index contributed by atoms with van der Waals surface area (Å²) in [5.41, 5.74) is 5.52. The molecule has 4 rings (SSSR count). The highest BCUT2D eigenvalue weighted by Gasteiger charge is 2.45. The van der Waals surface area contributed by atoms with Crippen LogP contribution in [-0.2, 0) is 33.4 Å². The van der Waals surface area contributed by atoms with Gasteiger partial charge in [0, 0.05) is 30.5 Å². The lowest BCUT2D eigenvalue weighted by Crippen LogP contribution is -2.57. The molecule has 2 aliphatic rings. The number of primary amides is 1. The van der Waals surface area contributed by atoms with E-state index in [9.17, 15) is 28.8 Å². The minimum atomic E-state index is -1.37. The third-order valence-corrected chi connectivity index (χ3v) is 12.9. The first-order valence-electron chi connectivity index (χ1n) is 19.6. The molecule has 2 aromatic rings. The highest BCUT2D eigenvalue weighted by Crippen LogP contribution is 2.40. The Morgan fingerprint density at radius 2 is 1.61 bits per heavy atom. The van der Waals surface area contributed by atoms with Crippen LogP contribution in [0.2, 0.25) is 0 Å². The number of hydrogen-bond donors (Lipinski definition) is 3. The fourth-order valence-electron chi connectivity index (χ4n) is 6.66. The van der Waals surface area contributed by atoms with Crippen LogP contribution in [0.4, 0.5) is 4.79 Å². The number of aryl methyl sites for hydroxylation is 1. The molecular weight excluding hydrogens is 773 g/mol. The molecule has 57 heavy (non-hydrogen) atoms. The summed E-state index contributed by atoms with van der Waals surface area (Å²) in [5.74, 6) is -1.15. The molecule has 3 atom stereocenters. The van der Waals surface area contributed by atoms with Crippen molar-refractivity contribution in [2.75, 3.05) is 38.7 Å². The van der Waals surface area contributed by atoms with Gasteiger partial charge in [-0.05, 0) is 81.5 Å². The molecule has 0 spiro atoms. The van der Waals surface area contributed by atoms with Crippen LogP contribution in [-0.4, -0.2) is 96.6 Å². The van der Waals surface area contributed by atoms with Gasteiger partial charge in [0.05, 0.1) is 5.41 Å². The van der Waals surface area contributed by atoms with Crippen molar-refractivity contribution >= 4 is 57.3 Å². The summed E-state index contributed by atoms with van der Waals surface area (Å²) in [6.45, 7) is 5.01. The Morgan fingerprint density at radius 1 is 0.912 bits per heavy atom. The lowest BCUT2D eigenvalue weighted by Gasteiger charge is -2.40. The van der Waals surface area contributed by atoms with E-state index >= 15 is 0 Å². The average Bonchev–Trinajstić information content (AvgIpc) is 3.71. The second-order valence-corrected chi connectivity index (χ2v) is 17.6. The Kier molecular flexibility index (Phi) is 18.3. The number of likely N-dealkylation sites (tertiary alicyclic amines) is 1. The number of carbonyl (C=O) groups is 6. The quantitative estimate of drug-likeness (QED) is 0.0832. The van der Waals surface area contributed by atoms with Gasteiger partial charge in [-0.3, -0.25) is 19.2 Å². The van der Waals surface area contributed by atoms with E-state index in [0.29, 0.717) is 23.2 Å². The normalized spacial score (nSPS) is 17.2. The summed E-state index contributed by atoms with van der Waals surface area (Å²) in [7, 11) is 3.79. The van der Waals surface area contributed by atoms with Gasteiger partial charge in [0.2, 0.25) is 11.8 Å². The number of nitrogens with zero attached hydrogens (tertiary/aromatic N) is 1. The van der Waals surface area contributed by atoms with E-state index in [0.717, 1.165) is 24.2 Å². The molecule has 16 heteroatoms. The van der Waals surface area contributed by atoms with Gasteiger partial charge in [0.25, 0.3) is 5.91 Å². The van der Waals surface area contributed by atoms with E-state index in [2.05, 4.69) is 10.6 Å². The summed E-state index contributed by atoms with van der Waals surface area (Å²) in [5, 5.41) is 6.07. The second kappa shape index (κ2) is 23.1. The smallest absolute Gasteiger partial charge is 0.415 e. The van der Waals surface area contributed by atoms with Crippen molar-refractivity contribution in [1.29, 1.82) is 0 Å².